The van der Waals surface area contributed by atoms with Crippen LogP contribution in [0.3, 0.4) is 0 Å². The molecule has 1 heterocycles. The maximum absolute atomic E-state index is 12.6. The van der Waals surface area contributed by atoms with Crippen molar-refractivity contribution in [3.63, 3.8) is 0 Å². The van der Waals surface area contributed by atoms with E-state index in [-0.39, 0.29) is 5.91 Å². The van der Waals surface area contributed by atoms with E-state index in [4.69, 9.17) is 4.74 Å². The van der Waals surface area contributed by atoms with Crippen LogP contribution in [0.15, 0.2) is 72.8 Å². The summed E-state index contributed by atoms with van der Waals surface area (Å²) in [6.45, 7) is 4.98. The van der Waals surface area contributed by atoms with Gasteiger partial charge in [-0.1, -0.05) is 72.8 Å². The Morgan fingerprint density at radius 1 is 0.929 bits per heavy atom. The number of amides is 1. The number of likely N-dealkylation sites (tertiary alicyclic amines) is 1. The Hall–Kier alpha value is -2.43. The van der Waals surface area contributed by atoms with Crippen molar-refractivity contribution in [2.24, 2.45) is 0 Å². The first-order chi connectivity index (χ1) is 13.8. The molecule has 0 spiro atoms. The third kappa shape index (κ3) is 6.95. The van der Waals surface area contributed by atoms with Gasteiger partial charge < -0.3 is 9.64 Å². The summed E-state index contributed by atoms with van der Waals surface area (Å²) in [5.74, 6) is 0.238. The van der Waals surface area contributed by atoms with Crippen LogP contribution in [0, 0.1) is 0 Å². The Morgan fingerprint density at radius 2 is 1.57 bits per heavy atom. The second-order valence-corrected chi connectivity index (χ2v) is 7.22. The molecule has 28 heavy (non-hydrogen) atoms. The van der Waals surface area contributed by atoms with Gasteiger partial charge in [-0.2, -0.15) is 0 Å². The monoisotopic (exact) mass is 378 g/mol. The molecule has 1 aliphatic rings. The largest absolute Gasteiger partial charge is 0.373 e. The standard InChI is InChI=1S/C24H30N2O2/c27-24(26-16-7-8-17-26)20-25(19-22-11-3-1-4-12-22)15-9-10-18-28-21-23-13-5-2-6-14-23/h1-6,9-14H,7-8,15-21H2/b10-9-. The summed E-state index contributed by atoms with van der Waals surface area (Å²) in [5.41, 5.74) is 2.41. The summed E-state index contributed by atoms with van der Waals surface area (Å²) >= 11 is 0. The molecule has 1 fully saturated rings. The van der Waals surface area contributed by atoms with Gasteiger partial charge in [0.05, 0.1) is 19.8 Å². The summed E-state index contributed by atoms with van der Waals surface area (Å²) in [4.78, 5) is 16.8. The first-order valence-electron chi connectivity index (χ1n) is 10.1. The van der Waals surface area contributed by atoms with Crippen molar-refractivity contribution in [2.45, 2.75) is 26.0 Å². The van der Waals surface area contributed by atoms with Crippen LogP contribution in [0.4, 0.5) is 0 Å². The zero-order valence-electron chi connectivity index (χ0n) is 16.5. The van der Waals surface area contributed by atoms with Crippen LogP contribution < -0.4 is 0 Å². The third-order valence-electron chi connectivity index (χ3n) is 4.92. The van der Waals surface area contributed by atoms with Gasteiger partial charge in [-0.3, -0.25) is 9.69 Å². The van der Waals surface area contributed by atoms with Crippen LogP contribution in [-0.4, -0.2) is 48.5 Å². The Morgan fingerprint density at radius 3 is 2.25 bits per heavy atom. The molecule has 0 bridgehead atoms. The molecular weight excluding hydrogens is 348 g/mol. The van der Waals surface area contributed by atoms with E-state index in [1.54, 1.807) is 0 Å². The normalized spacial score (nSPS) is 14.2. The lowest BCUT2D eigenvalue weighted by Gasteiger charge is -2.24. The van der Waals surface area contributed by atoms with Gasteiger partial charge in [0.1, 0.15) is 0 Å². The molecular formula is C24H30N2O2. The minimum Gasteiger partial charge on any atom is -0.373 e. The summed E-state index contributed by atoms with van der Waals surface area (Å²) in [5, 5.41) is 0. The molecule has 2 aromatic rings. The van der Waals surface area contributed by atoms with E-state index in [1.165, 1.54) is 11.1 Å². The number of nitrogens with zero attached hydrogens (tertiary/aromatic N) is 2. The topological polar surface area (TPSA) is 32.8 Å². The van der Waals surface area contributed by atoms with Crippen LogP contribution in [-0.2, 0) is 22.7 Å². The number of rotatable bonds is 10. The fourth-order valence-electron chi connectivity index (χ4n) is 3.40. The van der Waals surface area contributed by atoms with Gasteiger partial charge in [-0.25, -0.2) is 0 Å². The molecule has 4 heteroatoms. The quantitative estimate of drug-likeness (QED) is 0.465. The van der Waals surface area contributed by atoms with Crippen molar-refractivity contribution in [1.82, 2.24) is 9.80 Å². The van der Waals surface area contributed by atoms with E-state index in [1.807, 2.05) is 47.4 Å². The molecule has 2 aromatic carbocycles. The Labute approximate surface area is 168 Å². The molecule has 148 valence electrons. The summed E-state index contributed by atoms with van der Waals surface area (Å²) in [7, 11) is 0. The first kappa shape index (κ1) is 20.3. The predicted molar refractivity (Wildman–Crippen MR) is 113 cm³/mol. The highest BCUT2D eigenvalue weighted by atomic mass is 16.5. The van der Waals surface area contributed by atoms with Crippen LogP contribution in [0.5, 0.6) is 0 Å². The zero-order chi connectivity index (χ0) is 19.4. The van der Waals surface area contributed by atoms with Crippen molar-refractivity contribution in [1.29, 1.82) is 0 Å². The number of ether oxygens (including phenoxy) is 1. The highest BCUT2D eigenvalue weighted by molar-refractivity contribution is 5.78. The molecule has 1 amide bonds. The maximum atomic E-state index is 12.6. The van der Waals surface area contributed by atoms with E-state index >= 15 is 0 Å². The van der Waals surface area contributed by atoms with Crippen molar-refractivity contribution in [3.8, 4) is 0 Å². The molecule has 1 saturated heterocycles. The minimum atomic E-state index is 0.238. The van der Waals surface area contributed by atoms with Crippen molar-refractivity contribution in [2.75, 3.05) is 32.8 Å². The Balaban J connectivity index is 1.47. The molecule has 0 aromatic heterocycles. The molecule has 0 atom stereocenters. The van der Waals surface area contributed by atoms with Crippen molar-refractivity contribution in [3.05, 3.63) is 83.9 Å². The molecule has 0 saturated carbocycles. The number of carbonyl (C=O) groups is 1. The lowest BCUT2D eigenvalue weighted by atomic mass is 10.2. The fraction of sp³-hybridized carbons (Fsp3) is 0.375. The lowest BCUT2D eigenvalue weighted by molar-refractivity contribution is -0.131. The summed E-state index contributed by atoms with van der Waals surface area (Å²) in [6.07, 6.45) is 6.40. The van der Waals surface area contributed by atoms with E-state index in [9.17, 15) is 4.79 Å². The number of hydrogen-bond donors (Lipinski definition) is 0. The maximum Gasteiger partial charge on any atom is 0.236 e. The van der Waals surface area contributed by atoms with Crippen molar-refractivity contribution >= 4 is 5.91 Å². The molecule has 0 aliphatic carbocycles. The summed E-state index contributed by atoms with van der Waals surface area (Å²) in [6, 6.07) is 20.5. The second kappa shape index (κ2) is 11.4. The van der Waals surface area contributed by atoms with E-state index in [2.05, 4.69) is 35.2 Å². The smallest absolute Gasteiger partial charge is 0.236 e. The van der Waals surface area contributed by atoms with Crippen LogP contribution >= 0.6 is 0 Å². The number of benzene rings is 2. The highest BCUT2D eigenvalue weighted by Gasteiger charge is 2.20. The average molecular weight is 379 g/mol. The van der Waals surface area contributed by atoms with Crippen LogP contribution in [0.1, 0.15) is 24.0 Å². The zero-order valence-corrected chi connectivity index (χ0v) is 16.5. The summed E-state index contributed by atoms with van der Waals surface area (Å²) < 4.78 is 5.70. The van der Waals surface area contributed by atoms with Gasteiger partial charge in [0, 0.05) is 26.2 Å². The molecule has 0 radical (unpaired) electrons. The minimum absolute atomic E-state index is 0.238. The molecule has 3 rings (SSSR count). The fourth-order valence-corrected chi connectivity index (χ4v) is 3.40. The lowest BCUT2D eigenvalue weighted by Crippen LogP contribution is -2.38. The van der Waals surface area contributed by atoms with Gasteiger partial charge in [-0.05, 0) is 24.0 Å². The highest BCUT2D eigenvalue weighted by Crippen LogP contribution is 2.10. The second-order valence-electron chi connectivity index (χ2n) is 7.22. The number of hydrogen-bond acceptors (Lipinski definition) is 3. The average Bonchev–Trinajstić information content (AvgIpc) is 3.27. The van der Waals surface area contributed by atoms with Gasteiger partial charge >= 0.3 is 0 Å². The van der Waals surface area contributed by atoms with Gasteiger partial charge in [0.25, 0.3) is 0 Å². The Bertz CT molecular complexity index is 725. The number of carbonyl (C=O) groups excluding carboxylic acids is 1. The van der Waals surface area contributed by atoms with E-state index < -0.39 is 0 Å². The first-order valence-corrected chi connectivity index (χ1v) is 10.1. The van der Waals surface area contributed by atoms with Gasteiger partial charge in [0.2, 0.25) is 5.91 Å². The molecule has 4 nitrogen and oxygen atoms in total. The predicted octanol–water partition coefficient (Wildman–Crippen LogP) is 3.88. The van der Waals surface area contributed by atoms with Crippen molar-refractivity contribution < 1.29 is 9.53 Å². The SMILES string of the molecule is O=C(CN(C/C=C\COCc1ccccc1)Cc1ccccc1)N1CCCC1. The molecule has 0 unspecified atom stereocenters. The van der Waals surface area contributed by atoms with E-state index in [0.717, 1.165) is 39.0 Å². The van der Waals surface area contributed by atoms with E-state index in [0.29, 0.717) is 19.8 Å². The Kier molecular flexibility index (Phi) is 8.28. The van der Waals surface area contributed by atoms with Crippen LogP contribution in [0.25, 0.3) is 0 Å². The van der Waals surface area contributed by atoms with Crippen LogP contribution in [0.2, 0.25) is 0 Å². The molecule has 1 aliphatic heterocycles. The van der Waals surface area contributed by atoms with Gasteiger partial charge in [0.15, 0.2) is 0 Å². The molecule has 0 N–H and O–H groups in total. The van der Waals surface area contributed by atoms with Gasteiger partial charge in [-0.15, -0.1) is 0 Å². The third-order valence-corrected chi connectivity index (χ3v) is 4.92.